The van der Waals surface area contributed by atoms with E-state index >= 15 is 0 Å². The van der Waals surface area contributed by atoms with Crippen LogP contribution in [0.4, 0.5) is 4.39 Å². The molecule has 0 amide bonds. The van der Waals surface area contributed by atoms with Crippen molar-refractivity contribution in [3.8, 4) is 5.75 Å². The number of aryl methyl sites for hydroxylation is 1. The second kappa shape index (κ2) is 6.73. The summed E-state index contributed by atoms with van der Waals surface area (Å²) in [5, 5.41) is 3.60. The van der Waals surface area contributed by atoms with Crippen LogP contribution in [0.25, 0.3) is 0 Å². The van der Waals surface area contributed by atoms with Crippen LogP contribution in [0.3, 0.4) is 0 Å². The summed E-state index contributed by atoms with van der Waals surface area (Å²) in [6.07, 6.45) is 0. The van der Waals surface area contributed by atoms with Gasteiger partial charge in [0.15, 0.2) is 0 Å². The summed E-state index contributed by atoms with van der Waals surface area (Å²) in [4.78, 5) is 0. The Morgan fingerprint density at radius 2 is 1.95 bits per heavy atom. The van der Waals surface area contributed by atoms with E-state index in [1.807, 2.05) is 26.1 Å². The van der Waals surface area contributed by atoms with Crippen LogP contribution in [0.15, 0.2) is 36.4 Å². The highest BCUT2D eigenvalue weighted by molar-refractivity contribution is 6.30. The van der Waals surface area contributed by atoms with Crippen molar-refractivity contribution >= 4 is 11.6 Å². The molecule has 0 atom stereocenters. The van der Waals surface area contributed by atoms with E-state index in [9.17, 15) is 4.39 Å². The van der Waals surface area contributed by atoms with Gasteiger partial charge in [0.1, 0.15) is 18.2 Å². The van der Waals surface area contributed by atoms with E-state index in [1.54, 1.807) is 6.07 Å². The summed E-state index contributed by atoms with van der Waals surface area (Å²) in [5.41, 5.74) is 2.67. The lowest BCUT2D eigenvalue weighted by Gasteiger charge is -2.13. The minimum Gasteiger partial charge on any atom is -0.488 e. The molecule has 0 aliphatic carbocycles. The van der Waals surface area contributed by atoms with Crippen molar-refractivity contribution in [2.45, 2.75) is 20.1 Å². The third kappa shape index (κ3) is 3.71. The molecule has 0 fully saturated rings. The van der Waals surface area contributed by atoms with E-state index in [0.717, 1.165) is 16.9 Å². The van der Waals surface area contributed by atoms with E-state index in [-0.39, 0.29) is 12.4 Å². The quantitative estimate of drug-likeness (QED) is 0.896. The minimum atomic E-state index is -0.309. The van der Waals surface area contributed by atoms with Gasteiger partial charge in [0.05, 0.1) is 0 Å². The standard InChI is InChI=1S/C16H17ClFNO/c1-11-3-6-16(12(7-11)9-19-2)20-10-13-8-14(17)4-5-15(13)18/h3-8,19H,9-10H2,1-2H3. The topological polar surface area (TPSA) is 21.3 Å². The van der Waals surface area contributed by atoms with Gasteiger partial charge in [0.25, 0.3) is 0 Å². The second-order valence-corrected chi connectivity index (χ2v) is 5.10. The van der Waals surface area contributed by atoms with Gasteiger partial charge in [-0.25, -0.2) is 4.39 Å². The van der Waals surface area contributed by atoms with Gasteiger partial charge < -0.3 is 10.1 Å². The molecular formula is C16H17ClFNO. The van der Waals surface area contributed by atoms with Gasteiger partial charge in [-0.1, -0.05) is 29.3 Å². The summed E-state index contributed by atoms with van der Waals surface area (Å²) in [7, 11) is 1.88. The molecule has 1 N–H and O–H groups in total. The fraction of sp³-hybridized carbons (Fsp3) is 0.250. The van der Waals surface area contributed by atoms with Crippen molar-refractivity contribution in [2.24, 2.45) is 0 Å². The van der Waals surface area contributed by atoms with Crippen molar-refractivity contribution < 1.29 is 9.13 Å². The fourth-order valence-corrected chi connectivity index (χ4v) is 2.18. The van der Waals surface area contributed by atoms with E-state index in [2.05, 4.69) is 11.4 Å². The van der Waals surface area contributed by atoms with Crippen LogP contribution in [0.5, 0.6) is 5.75 Å². The third-order valence-corrected chi connectivity index (χ3v) is 3.21. The van der Waals surface area contributed by atoms with Gasteiger partial charge >= 0.3 is 0 Å². The first-order valence-electron chi connectivity index (χ1n) is 6.41. The Morgan fingerprint density at radius 1 is 1.15 bits per heavy atom. The van der Waals surface area contributed by atoms with Crippen LogP contribution < -0.4 is 10.1 Å². The number of hydrogen-bond acceptors (Lipinski definition) is 2. The van der Waals surface area contributed by atoms with Gasteiger partial charge in [-0.2, -0.15) is 0 Å². The average molecular weight is 294 g/mol. The number of halogens is 2. The Hall–Kier alpha value is -1.58. The van der Waals surface area contributed by atoms with Gasteiger partial charge in [-0.15, -0.1) is 0 Å². The molecule has 0 spiro atoms. The molecule has 0 saturated carbocycles. The summed E-state index contributed by atoms with van der Waals surface area (Å²) >= 11 is 5.87. The number of nitrogens with one attached hydrogen (secondary N) is 1. The second-order valence-electron chi connectivity index (χ2n) is 4.67. The molecule has 4 heteroatoms. The van der Waals surface area contributed by atoms with Crippen LogP contribution in [0.2, 0.25) is 5.02 Å². The van der Waals surface area contributed by atoms with Crippen molar-refractivity contribution in [3.63, 3.8) is 0 Å². The van der Waals surface area contributed by atoms with Crippen molar-refractivity contribution in [3.05, 3.63) is 63.9 Å². The molecule has 0 radical (unpaired) electrons. The number of benzene rings is 2. The Morgan fingerprint density at radius 3 is 2.70 bits per heavy atom. The highest BCUT2D eigenvalue weighted by atomic mass is 35.5. The highest BCUT2D eigenvalue weighted by Crippen LogP contribution is 2.22. The van der Waals surface area contributed by atoms with Crippen molar-refractivity contribution in [1.29, 1.82) is 0 Å². The Bertz CT molecular complexity index is 601. The smallest absolute Gasteiger partial charge is 0.129 e. The highest BCUT2D eigenvalue weighted by Gasteiger charge is 2.07. The van der Waals surface area contributed by atoms with Crippen LogP contribution in [-0.2, 0) is 13.2 Å². The normalized spacial score (nSPS) is 10.6. The van der Waals surface area contributed by atoms with Gasteiger partial charge in [0.2, 0.25) is 0 Å². The lowest BCUT2D eigenvalue weighted by molar-refractivity contribution is 0.296. The maximum atomic E-state index is 13.6. The summed E-state index contributed by atoms with van der Waals surface area (Å²) in [5.74, 6) is 0.445. The predicted octanol–water partition coefficient (Wildman–Crippen LogP) is 4.09. The van der Waals surface area contributed by atoms with Crippen LogP contribution in [0.1, 0.15) is 16.7 Å². The summed E-state index contributed by atoms with van der Waals surface area (Å²) in [6.45, 7) is 2.89. The predicted molar refractivity (Wildman–Crippen MR) is 79.7 cm³/mol. The SMILES string of the molecule is CNCc1cc(C)ccc1OCc1cc(Cl)ccc1F. The molecular weight excluding hydrogens is 277 g/mol. The molecule has 2 nitrogen and oxygen atoms in total. The van der Waals surface area contributed by atoms with Crippen LogP contribution >= 0.6 is 11.6 Å². The van der Waals surface area contributed by atoms with Gasteiger partial charge in [0, 0.05) is 22.7 Å². The monoisotopic (exact) mass is 293 g/mol. The van der Waals surface area contributed by atoms with Crippen LogP contribution in [-0.4, -0.2) is 7.05 Å². The number of rotatable bonds is 5. The molecule has 0 bridgehead atoms. The number of hydrogen-bond donors (Lipinski definition) is 1. The Labute approximate surface area is 123 Å². The van der Waals surface area contributed by atoms with Gasteiger partial charge in [-0.05, 0) is 38.2 Å². The van der Waals surface area contributed by atoms with E-state index in [0.29, 0.717) is 17.1 Å². The molecule has 0 aromatic heterocycles. The lowest BCUT2D eigenvalue weighted by Crippen LogP contribution is -2.08. The molecule has 2 rings (SSSR count). The van der Waals surface area contributed by atoms with Gasteiger partial charge in [-0.3, -0.25) is 0 Å². The third-order valence-electron chi connectivity index (χ3n) is 2.97. The lowest BCUT2D eigenvalue weighted by atomic mass is 10.1. The number of ether oxygens (including phenoxy) is 1. The van der Waals surface area contributed by atoms with E-state index in [4.69, 9.17) is 16.3 Å². The van der Waals surface area contributed by atoms with Crippen molar-refractivity contribution in [2.75, 3.05) is 7.05 Å². The Kier molecular flexibility index (Phi) is 4.99. The first-order valence-corrected chi connectivity index (χ1v) is 6.79. The average Bonchev–Trinajstić information content (AvgIpc) is 2.42. The Balaban J connectivity index is 2.16. The minimum absolute atomic E-state index is 0.159. The summed E-state index contributed by atoms with van der Waals surface area (Å²) in [6, 6.07) is 10.4. The molecule has 0 saturated heterocycles. The van der Waals surface area contributed by atoms with E-state index in [1.165, 1.54) is 12.1 Å². The largest absolute Gasteiger partial charge is 0.488 e. The van der Waals surface area contributed by atoms with Crippen molar-refractivity contribution in [1.82, 2.24) is 5.32 Å². The molecule has 0 heterocycles. The first-order chi connectivity index (χ1) is 9.60. The molecule has 106 valence electrons. The zero-order valence-electron chi connectivity index (χ0n) is 11.5. The first kappa shape index (κ1) is 14.8. The maximum Gasteiger partial charge on any atom is 0.129 e. The maximum absolute atomic E-state index is 13.6. The molecule has 0 aliphatic heterocycles. The van der Waals surface area contributed by atoms with Crippen LogP contribution in [0, 0.1) is 12.7 Å². The molecule has 0 aliphatic rings. The fourth-order valence-electron chi connectivity index (χ4n) is 1.99. The molecule has 20 heavy (non-hydrogen) atoms. The summed E-state index contributed by atoms with van der Waals surface area (Å²) < 4.78 is 19.4. The zero-order valence-corrected chi connectivity index (χ0v) is 12.3. The zero-order chi connectivity index (χ0) is 14.5. The molecule has 0 unspecified atom stereocenters. The molecule has 2 aromatic carbocycles. The molecule has 2 aromatic rings. The van der Waals surface area contributed by atoms with E-state index < -0.39 is 0 Å².